The number of rotatable bonds is 1. The molecule has 0 radical (unpaired) electrons. The van der Waals surface area contributed by atoms with Gasteiger partial charge in [-0.1, -0.05) is 6.58 Å². The molecule has 0 saturated heterocycles. The predicted octanol–water partition coefficient (Wildman–Crippen LogP) is 0.128. The predicted molar refractivity (Wildman–Crippen MR) is 28.6 cm³/mol. The van der Waals surface area contributed by atoms with E-state index in [9.17, 15) is 4.79 Å². The number of hydrogen-bond acceptors (Lipinski definition) is 3. The molecule has 0 saturated carbocycles. The Bertz CT molecular complexity index is 160. The van der Waals surface area contributed by atoms with Crippen molar-refractivity contribution in [3.8, 4) is 0 Å². The molecule has 0 aromatic heterocycles. The Labute approximate surface area is 46.7 Å². The molecule has 1 rings (SSSR count). The van der Waals surface area contributed by atoms with Crippen LogP contribution in [0.2, 0.25) is 0 Å². The Morgan fingerprint density at radius 3 is 2.88 bits per heavy atom. The second-order valence-corrected chi connectivity index (χ2v) is 1.33. The maximum absolute atomic E-state index is 10.2. The standard InChI is InChI=1S/C5H5NO2/c1-2-4-6-3-5(7)8-4/h2H,1,3H2. The van der Waals surface area contributed by atoms with Crippen molar-refractivity contribution in [3.05, 3.63) is 12.7 Å². The van der Waals surface area contributed by atoms with E-state index in [-0.39, 0.29) is 12.5 Å². The van der Waals surface area contributed by atoms with Crippen LogP contribution in [-0.4, -0.2) is 18.4 Å². The molecule has 8 heavy (non-hydrogen) atoms. The maximum atomic E-state index is 10.2. The fourth-order valence-corrected chi connectivity index (χ4v) is 0.430. The van der Waals surface area contributed by atoms with Crippen LogP contribution in [0.15, 0.2) is 17.6 Å². The maximum Gasteiger partial charge on any atom is 0.334 e. The van der Waals surface area contributed by atoms with Crippen molar-refractivity contribution < 1.29 is 9.53 Å². The molecule has 0 N–H and O–H groups in total. The van der Waals surface area contributed by atoms with Crippen molar-refractivity contribution in [3.63, 3.8) is 0 Å². The van der Waals surface area contributed by atoms with Crippen LogP contribution in [0.1, 0.15) is 0 Å². The molecular weight excluding hydrogens is 106 g/mol. The number of hydrogen-bond donors (Lipinski definition) is 0. The van der Waals surface area contributed by atoms with Crippen LogP contribution >= 0.6 is 0 Å². The van der Waals surface area contributed by atoms with Gasteiger partial charge < -0.3 is 4.74 Å². The fourth-order valence-electron chi connectivity index (χ4n) is 0.430. The van der Waals surface area contributed by atoms with E-state index in [0.29, 0.717) is 5.90 Å². The summed E-state index contributed by atoms with van der Waals surface area (Å²) in [6.45, 7) is 3.51. The number of carbonyl (C=O) groups excluding carboxylic acids is 1. The summed E-state index contributed by atoms with van der Waals surface area (Å²) in [6.07, 6.45) is 1.41. The minimum atomic E-state index is -0.306. The van der Waals surface area contributed by atoms with Gasteiger partial charge in [0.25, 0.3) is 0 Å². The molecule has 0 atom stereocenters. The van der Waals surface area contributed by atoms with Crippen molar-refractivity contribution in [1.29, 1.82) is 0 Å². The Balaban J connectivity index is 2.61. The SMILES string of the molecule is C=CC1=NCC(=O)O1. The molecule has 0 unspecified atom stereocenters. The largest absolute Gasteiger partial charge is 0.406 e. The van der Waals surface area contributed by atoms with Crippen molar-refractivity contribution in [2.24, 2.45) is 4.99 Å². The monoisotopic (exact) mass is 111 g/mol. The summed E-state index contributed by atoms with van der Waals surface area (Å²) in [5.74, 6) is 0.0231. The zero-order valence-corrected chi connectivity index (χ0v) is 4.26. The van der Waals surface area contributed by atoms with Crippen LogP contribution in [0, 0.1) is 0 Å². The Morgan fingerprint density at radius 2 is 2.62 bits per heavy atom. The molecule has 1 aliphatic heterocycles. The highest BCUT2D eigenvalue weighted by atomic mass is 16.5. The molecule has 0 aromatic rings. The summed E-state index contributed by atoms with van der Waals surface area (Å²) in [4.78, 5) is 13.9. The lowest BCUT2D eigenvalue weighted by Gasteiger charge is -1.86. The number of aliphatic imine (C=N–C) groups is 1. The number of cyclic esters (lactones) is 1. The van der Waals surface area contributed by atoms with E-state index in [2.05, 4.69) is 16.3 Å². The van der Waals surface area contributed by atoms with Crippen LogP contribution in [-0.2, 0) is 9.53 Å². The fraction of sp³-hybridized carbons (Fsp3) is 0.200. The third-order valence-electron chi connectivity index (χ3n) is 0.757. The number of nitrogens with zero attached hydrogens (tertiary/aromatic N) is 1. The van der Waals surface area contributed by atoms with Crippen molar-refractivity contribution in [2.75, 3.05) is 6.54 Å². The van der Waals surface area contributed by atoms with Crippen LogP contribution in [0.25, 0.3) is 0 Å². The lowest BCUT2D eigenvalue weighted by atomic mass is 10.6. The molecule has 3 nitrogen and oxygen atoms in total. The van der Waals surface area contributed by atoms with Crippen LogP contribution in [0.5, 0.6) is 0 Å². The van der Waals surface area contributed by atoms with Crippen LogP contribution in [0.3, 0.4) is 0 Å². The molecule has 0 fully saturated rings. The van der Waals surface area contributed by atoms with Gasteiger partial charge in [0, 0.05) is 0 Å². The van der Waals surface area contributed by atoms with Crippen LogP contribution in [0.4, 0.5) is 0 Å². The second kappa shape index (κ2) is 1.78. The lowest BCUT2D eigenvalue weighted by molar-refractivity contribution is -0.132. The minimum absolute atomic E-state index is 0.140. The normalized spacial score (nSPS) is 17.5. The molecule has 1 aliphatic rings. The summed E-state index contributed by atoms with van der Waals surface area (Å²) in [7, 11) is 0. The summed E-state index contributed by atoms with van der Waals surface area (Å²) < 4.78 is 4.50. The molecule has 0 bridgehead atoms. The highest BCUT2D eigenvalue weighted by molar-refractivity contribution is 6.00. The van der Waals surface area contributed by atoms with E-state index in [1.807, 2.05) is 0 Å². The van der Waals surface area contributed by atoms with E-state index in [1.165, 1.54) is 6.08 Å². The topological polar surface area (TPSA) is 38.7 Å². The van der Waals surface area contributed by atoms with Crippen LogP contribution < -0.4 is 0 Å². The van der Waals surface area contributed by atoms with Gasteiger partial charge >= 0.3 is 5.97 Å². The first kappa shape index (κ1) is 5.03. The quantitative estimate of drug-likeness (QED) is 0.451. The Hall–Kier alpha value is -1.12. The smallest absolute Gasteiger partial charge is 0.334 e. The molecule has 0 spiro atoms. The molecule has 0 amide bonds. The first-order valence-corrected chi connectivity index (χ1v) is 2.20. The number of esters is 1. The van der Waals surface area contributed by atoms with E-state index in [1.54, 1.807) is 0 Å². The van der Waals surface area contributed by atoms with Gasteiger partial charge in [-0.05, 0) is 6.08 Å². The van der Waals surface area contributed by atoms with E-state index in [4.69, 9.17) is 0 Å². The lowest BCUT2D eigenvalue weighted by Crippen LogP contribution is -2.00. The number of carbonyl (C=O) groups is 1. The van der Waals surface area contributed by atoms with Gasteiger partial charge in [0.05, 0.1) is 0 Å². The van der Waals surface area contributed by atoms with Gasteiger partial charge in [0.1, 0.15) is 6.54 Å². The van der Waals surface area contributed by atoms with Crippen molar-refractivity contribution >= 4 is 11.9 Å². The molecule has 0 aromatic carbocycles. The molecule has 0 aliphatic carbocycles. The van der Waals surface area contributed by atoms with E-state index >= 15 is 0 Å². The summed E-state index contributed by atoms with van der Waals surface area (Å²) in [5.41, 5.74) is 0. The third-order valence-corrected chi connectivity index (χ3v) is 0.757. The van der Waals surface area contributed by atoms with Gasteiger partial charge in [-0.25, -0.2) is 9.79 Å². The van der Waals surface area contributed by atoms with Crippen molar-refractivity contribution in [2.45, 2.75) is 0 Å². The zero-order valence-electron chi connectivity index (χ0n) is 4.26. The van der Waals surface area contributed by atoms with Gasteiger partial charge in [-0.3, -0.25) is 0 Å². The van der Waals surface area contributed by atoms with Gasteiger partial charge in [0.2, 0.25) is 5.90 Å². The average Bonchev–Trinajstić information content (AvgIpc) is 2.14. The number of ether oxygens (including phenoxy) is 1. The molecular formula is C5H5NO2. The van der Waals surface area contributed by atoms with Gasteiger partial charge in [0.15, 0.2) is 0 Å². The summed E-state index contributed by atoms with van der Waals surface area (Å²) >= 11 is 0. The molecule has 3 heteroatoms. The van der Waals surface area contributed by atoms with E-state index in [0.717, 1.165) is 0 Å². The van der Waals surface area contributed by atoms with Gasteiger partial charge in [-0.15, -0.1) is 0 Å². The second-order valence-electron chi connectivity index (χ2n) is 1.33. The zero-order chi connectivity index (χ0) is 5.98. The van der Waals surface area contributed by atoms with Gasteiger partial charge in [-0.2, -0.15) is 0 Å². The first-order valence-electron chi connectivity index (χ1n) is 2.20. The van der Waals surface area contributed by atoms with Crippen molar-refractivity contribution in [1.82, 2.24) is 0 Å². The molecule has 42 valence electrons. The third kappa shape index (κ3) is 0.753. The highest BCUT2D eigenvalue weighted by Gasteiger charge is 2.11. The summed E-state index contributed by atoms with van der Waals surface area (Å²) in [5, 5.41) is 0. The highest BCUT2D eigenvalue weighted by Crippen LogP contribution is 1.94. The Morgan fingerprint density at radius 1 is 1.88 bits per heavy atom. The first-order chi connectivity index (χ1) is 3.83. The summed E-state index contributed by atoms with van der Waals surface area (Å²) in [6, 6.07) is 0. The average molecular weight is 111 g/mol. The Kier molecular flexibility index (Phi) is 1.12. The van der Waals surface area contributed by atoms with E-state index < -0.39 is 0 Å². The molecule has 1 heterocycles. The minimum Gasteiger partial charge on any atom is -0.406 e.